The van der Waals surface area contributed by atoms with Crippen LogP contribution in [0.2, 0.25) is 0 Å². The molecule has 0 bridgehead atoms. The van der Waals surface area contributed by atoms with Crippen molar-refractivity contribution in [3.05, 3.63) is 42.1 Å². The highest BCUT2D eigenvalue weighted by atomic mass is 32.2. The van der Waals surface area contributed by atoms with Crippen molar-refractivity contribution >= 4 is 44.6 Å². The number of fused-ring (bicyclic) bond motifs is 3. The molecule has 0 radical (unpaired) electrons. The number of methoxy groups -OCH3 is 1. The van der Waals surface area contributed by atoms with E-state index in [2.05, 4.69) is 15.6 Å². The molecule has 2 saturated carbocycles. The van der Waals surface area contributed by atoms with Gasteiger partial charge in [-0.2, -0.15) is 13.2 Å². The van der Waals surface area contributed by atoms with E-state index < -0.39 is 92.6 Å². The zero-order valence-electron chi connectivity index (χ0n) is 30.3. The first-order valence-corrected chi connectivity index (χ1v) is 19.4. The van der Waals surface area contributed by atoms with Crippen molar-refractivity contribution in [2.24, 2.45) is 17.8 Å². The highest BCUT2D eigenvalue weighted by Gasteiger charge is 2.64. The van der Waals surface area contributed by atoms with Gasteiger partial charge in [0.05, 0.1) is 19.2 Å². The van der Waals surface area contributed by atoms with Gasteiger partial charge in [-0.3, -0.25) is 19.1 Å². The lowest BCUT2D eigenvalue weighted by molar-refractivity contribution is -0.142. The summed E-state index contributed by atoms with van der Waals surface area (Å²) < 4.78 is 93.4. The number of nitrogens with one attached hydrogen (secondary N) is 3. The molecule has 4 aliphatic rings. The van der Waals surface area contributed by atoms with E-state index in [1.807, 2.05) is 17.7 Å². The lowest BCUT2D eigenvalue weighted by Gasteiger charge is -2.32. The fraction of sp³-hybridized carbons (Fsp3) is 0.583. The van der Waals surface area contributed by atoms with E-state index in [0.29, 0.717) is 25.5 Å². The molecule has 6 rings (SSSR count). The van der Waals surface area contributed by atoms with E-state index in [0.717, 1.165) is 4.90 Å². The van der Waals surface area contributed by atoms with E-state index in [-0.39, 0.29) is 60.5 Å². The number of nitrogens with zero attached hydrogens (tertiary/aromatic N) is 2. The molecular weight excluding hydrogens is 754 g/mol. The molecule has 4 N–H and O–H groups in total. The number of hydrogen-bond donors (Lipinski definition) is 4. The Morgan fingerprint density at radius 3 is 2.51 bits per heavy atom. The lowest BCUT2D eigenvalue weighted by atomic mass is 9.88. The Balaban J connectivity index is 1.36. The molecule has 3 fully saturated rings. The SMILES string of the molecule is COc1ccc2c(O[C@@H]3C[C@H]4C(=O)N[C@]5(C(=O)NS(=O)(=O)C6(CF)CC6)C[C@H]5C=CCC[C@H](C)C[C@@H](C)[C@H](NC(=O)O)C(=O)N4C3)ncc(C(F)(F)F)c2c1. The molecular formula is C36H43F4N5O9S. The predicted molar refractivity (Wildman–Crippen MR) is 188 cm³/mol. The molecule has 1 saturated heterocycles. The molecule has 19 heteroatoms. The normalized spacial score (nSPS) is 29.5. The van der Waals surface area contributed by atoms with Crippen LogP contribution < -0.4 is 24.8 Å². The first-order valence-electron chi connectivity index (χ1n) is 18.0. The van der Waals surface area contributed by atoms with Crippen molar-refractivity contribution in [3.63, 3.8) is 0 Å². The average molecular weight is 798 g/mol. The molecule has 14 nitrogen and oxygen atoms in total. The van der Waals surface area contributed by atoms with Crippen molar-refractivity contribution in [2.75, 3.05) is 20.3 Å². The van der Waals surface area contributed by atoms with Crippen LogP contribution in [0.1, 0.15) is 64.4 Å². The van der Waals surface area contributed by atoms with Crippen molar-refractivity contribution in [3.8, 4) is 11.6 Å². The molecule has 300 valence electrons. The van der Waals surface area contributed by atoms with E-state index in [1.165, 1.54) is 25.3 Å². The number of amides is 4. The third-order valence-corrected chi connectivity index (χ3v) is 13.3. The third-order valence-electron chi connectivity index (χ3n) is 11.2. The summed E-state index contributed by atoms with van der Waals surface area (Å²) >= 11 is 0. The Hall–Kier alpha value is -4.68. The number of sulfonamides is 1. The fourth-order valence-electron chi connectivity index (χ4n) is 7.68. The van der Waals surface area contributed by atoms with Crippen LogP contribution in [0.4, 0.5) is 22.4 Å². The number of pyridine rings is 1. The largest absolute Gasteiger partial charge is 0.497 e. The van der Waals surface area contributed by atoms with Crippen molar-refractivity contribution in [1.29, 1.82) is 0 Å². The van der Waals surface area contributed by atoms with E-state index in [9.17, 15) is 50.3 Å². The van der Waals surface area contributed by atoms with Crippen molar-refractivity contribution in [1.82, 2.24) is 25.2 Å². The molecule has 2 aliphatic heterocycles. The minimum atomic E-state index is -4.78. The lowest BCUT2D eigenvalue weighted by Crippen LogP contribution is -2.59. The topological polar surface area (TPSA) is 193 Å². The van der Waals surface area contributed by atoms with Crippen molar-refractivity contribution in [2.45, 2.75) is 93.4 Å². The Kier molecular flexibility index (Phi) is 10.7. The monoisotopic (exact) mass is 797 g/mol. The number of ether oxygens (including phenoxy) is 2. The number of carbonyl (C=O) groups excluding carboxylic acids is 3. The van der Waals surface area contributed by atoms with E-state index in [1.54, 1.807) is 13.0 Å². The predicted octanol–water partition coefficient (Wildman–Crippen LogP) is 4.08. The maximum Gasteiger partial charge on any atom is 0.418 e. The smallest absolute Gasteiger partial charge is 0.418 e. The van der Waals surface area contributed by atoms with Crippen LogP contribution in [0.3, 0.4) is 0 Å². The molecule has 1 aromatic carbocycles. The second-order valence-corrected chi connectivity index (χ2v) is 17.2. The number of rotatable bonds is 8. The van der Waals surface area contributed by atoms with Crippen LogP contribution >= 0.6 is 0 Å². The average Bonchev–Trinajstić information content (AvgIpc) is 4.02. The number of benzene rings is 1. The second kappa shape index (κ2) is 14.8. The van der Waals surface area contributed by atoms with E-state index >= 15 is 0 Å². The van der Waals surface area contributed by atoms with Gasteiger partial charge in [-0.05, 0) is 68.6 Å². The quantitative estimate of drug-likeness (QED) is 0.224. The van der Waals surface area contributed by atoms with Gasteiger partial charge in [-0.25, -0.2) is 22.6 Å². The number of allylic oxidation sites excluding steroid dienone is 1. The van der Waals surface area contributed by atoms with Gasteiger partial charge < -0.3 is 30.1 Å². The Labute approximate surface area is 314 Å². The van der Waals surface area contributed by atoms with Crippen molar-refractivity contribution < 1.29 is 59.7 Å². The molecule has 2 aromatic rings. The number of alkyl halides is 4. The van der Waals surface area contributed by atoms with Gasteiger partial charge in [0.1, 0.15) is 40.9 Å². The standard InChI is InChI=1S/C36H43F4N5O9S/c1-19-6-4-5-7-21-15-35(21,32(48)44-55(51,52)34(18-37)10-11-34)43-29(46)27-14-23(17-45(27)31(47)28(20(2)12-19)42-33(49)50)54-30-24-9-8-22(53-3)13-25(24)26(16-41-30)36(38,39)40/h5,7-9,13,16,19-21,23,27-28,42H,4,6,10-12,14-15,17-18H2,1-3H3,(H,43,46)(H,44,48)(H,49,50)/t19-,20+,21+,23+,27-,28-,35+/m0/s1. The van der Waals surface area contributed by atoms with Gasteiger partial charge in [0.2, 0.25) is 27.7 Å². The zero-order chi connectivity index (χ0) is 40.1. The van der Waals surface area contributed by atoms with Crippen LogP contribution in [0.25, 0.3) is 10.8 Å². The summed E-state index contributed by atoms with van der Waals surface area (Å²) in [7, 11) is -3.17. The third kappa shape index (κ3) is 7.89. The Bertz CT molecular complexity index is 2010. The molecule has 1 aromatic heterocycles. The van der Waals surface area contributed by atoms with Crippen LogP contribution in [-0.2, 0) is 30.6 Å². The minimum absolute atomic E-state index is 0.000517. The molecule has 0 unspecified atom stereocenters. The number of aromatic nitrogens is 1. The Morgan fingerprint density at radius 2 is 1.87 bits per heavy atom. The zero-order valence-corrected chi connectivity index (χ0v) is 31.1. The first kappa shape index (κ1) is 40.0. The molecule has 2 aliphatic carbocycles. The van der Waals surface area contributed by atoms with Crippen LogP contribution in [0, 0.1) is 17.8 Å². The maximum absolute atomic E-state index is 14.3. The number of carbonyl (C=O) groups is 4. The number of halogens is 4. The maximum atomic E-state index is 14.3. The first-order chi connectivity index (χ1) is 25.8. The van der Waals surface area contributed by atoms with Gasteiger partial charge in [-0.1, -0.05) is 26.0 Å². The Morgan fingerprint density at radius 1 is 1.15 bits per heavy atom. The summed E-state index contributed by atoms with van der Waals surface area (Å²) in [4.78, 5) is 59.4. The van der Waals surface area contributed by atoms with Gasteiger partial charge in [0.15, 0.2) is 0 Å². The summed E-state index contributed by atoms with van der Waals surface area (Å²) in [6.07, 6.45) is -1.83. The summed E-state index contributed by atoms with van der Waals surface area (Å²) in [6.45, 7) is 2.12. The summed E-state index contributed by atoms with van der Waals surface area (Å²) in [5.74, 6) is -4.00. The second-order valence-electron chi connectivity index (χ2n) is 15.1. The fourth-order valence-corrected chi connectivity index (χ4v) is 9.11. The molecule has 3 heterocycles. The molecule has 55 heavy (non-hydrogen) atoms. The van der Waals surface area contributed by atoms with Crippen LogP contribution in [0.5, 0.6) is 11.6 Å². The van der Waals surface area contributed by atoms with Gasteiger partial charge in [0, 0.05) is 29.3 Å². The highest BCUT2D eigenvalue weighted by molar-refractivity contribution is 7.91. The highest BCUT2D eigenvalue weighted by Crippen LogP contribution is 2.48. The summed E-state index contributed by atoms with van der Waals surface area (Å²) in [5, 5.41) is 14.4. The van der Waals surface area contributed by atoms with E-state index in [4.69, 9.17) is 9.47 Å². The van der Waals surface area contributed by atoms with Crippen LogP contribution in [0.15, 0.2) is 36.5 Å². The number of carboxylic acid groups (broad SMARTS) is 1. The van der Waals surface area contributed by atoms with Gasteiger partial charge in [-0.15, -0.1) is 0 Å². The molecule has 7 atom stereocenters. The van der Waals surface area contributed by atoms with Gasteiger partial charge >= 0.3 is 12.3 Å². The molecule has 4 amide bonds. The summed E-state index contributed by atoms with van der Waals surface area (Å²) in [5.41, 5.74) is -2.83. The summed E-state index contributed by atoms with van der Waals surface area (Å²) in [6, 6.07) is 1.20. The molecule has 0 spiro atoms. The number of hydrogen-bond acceptors (Lipinski definition) is 9. The van der Waals surface area contributed by atoms with Crippen LogP contribution in [-0.4, -0.2) is 96.0 Å². The minimum Gasteiger partial charge on any atom is -0.497 e. The van der Waals surface area contributed by atoms with Gasteiger partial charge in [0.25, 0.3) is 5.91 Å².